The van der Waals surface area contributed by atoms with Crippen LogP contribution in [0.5, 0.6) is 0 Å². The SMILES string of the molecule is Cc1ccc(S(=O)(=O)Nc2c(F)cc(F)cc2Br)cc1N. The second-order valence-corrected chi connectivity index (χ2v) is 6.91. The largest absolute Gasteiger partial charge is 0.398 e. The number of nitrogens with two attached hydrogens (primary N) is 1. The van der Waals surface area contributed by atoms with Gasteiger partial charge in [-0.15, -0.1) is 0 Å². The number of halogens is 3. The van der Waals surface area contributed by atoms with Crippen LogP contribution in [0.1, 0.15) is 5.56 Å². The highest BCUT2D eigenvalue weighted by Crippen LogP contribution is 2.29. The van der Waals surface area contributed by atoms with Crippen LogP contribution < -0.4 is 10.5 Å². The van der Waals surface area contributed by atoms with Gasteiger partial charge in [-0.05, 0) is 46.6 Å². The van der Waals surface area contributed by atoms with Crippen LogP contribution in [0.25, 0.3) is 0 Å². The Morgan fingerprint density at radius 2 is 1.86 bits per heavy atom. The van der Waals surface area contributed by atoms with Gasteiger partial charge in [-0.3, -0.25) is 4.72 Å². The summed E-state index contributed by atoms with van der Waals surface area (Å²) in [6, 6.07) is 5.72. The van der Waals surface area contributed by atoms with Crippen LogP contribution >= 0.6 is 15.9 Å². The van der Waals surface area contributed by atoms with Crippen molar-refractivity contribution in [1.29, 1.82) is 0 Å². The van der Waals surface area contributed by atoms with E-state index >= 15 is 0 Å². The first kappa shape index (κ1) is 15.7. The van der Waals surface area contributed by atoms with E-state index in [1.807, 2.05) is 0 Å². The highest BCUT2D eigenvalue weighted by molar-refractivity contribution is 9.10. The van der Waals surface area contributed by atoms with Gasteiger partial charge in [-0.1, -0.05) is 6.07 Å². The molecule has 0 saturated heterocycles. The number of rotatable bonds is 3. The van der Waals surface area contributed by atoms with E-state index in [4.69, 9.17) is 5.73 Å². The molecule has 0 saturated carbocycles. The van der Waals surface area contributed by atoms with Crippen LogP contribution in [-0.4, -0.2) is 8.42 Å². The zero-order chi connectivity index (χ0) is 15.8. The number of anilines is 2. The Bertz CT molecular complexity index is 787. The summed E-state index contributed by atoms with van der Waals surface area (Å²) in [5.74, 6) is -1.84. The van der Waals surface area contributed by atoms with Gasteiger partial charge in [-0.25, -0.2) is 17.2 Å². The van der Waals surface area contributed by atoms with E-state index in [1.54, 1.807) is 13.0 Å². The molecule has 2 rings (SSSR count). The molecule has 0 fully saturated rings. The van der Waals surface area contributed by atoms with E-state index in [-0.39, 0.29) is 15.1 Å². The van der Waals surface area contributed by atoms with Gasteiger partial charge in [0.1, 0.15) is 5.82 Å². The molecule has 0 aliphatic heterocycles. The van der Waals surface area contributed by atoms with Gasteiger partial charge in [-0.2, -0.15) is 0 Å². The molecule has 2 aromatic rings. The third-order valence-corrected chi connectivity index (χ3v) is 4.78. The highest BCUT2D eigenvalue weighted by Gasteiger charge is 2.19. The van der Waals surface area contributed by atoms with Crippen LogP contribution in [0.15, 0.2) is 39.7 Å². The predicted molar refractivity (Wildman–Crippen MR) is 80.5 cm³/mol. The number of sulfonamides is 1. The number of hydrogen-bond donors (Lipinski definition) is 2. The van der Waals surface area contributed by atoms with Gasteiger partial charge in [0.2, 0.25) is 0 Å². The van der Waals surface area contributed by atoms with Crippen LogP contribution in [0.4, 0.5) is 20.2 Å². The van der Waals surface area contributed by atoms with Crippen molar-refractivity contribution in [3.63, 3.8) is 0 Å². The molecule has 4 nitrogen and oxygen atoms in total. The minimum atomic E-state index is -4.03. The van der Waals surface area contributed by atoms with Crippen molar-refractivity contribution >= 4 is 37.3 Å². The Morgan fingerprint density at radius 3 is 2.43 bits per heavy atom. The molecule has 0 aromatic heterocycles. The summed E-state index contributed by atoms with van der Waals surface area (Å²) >= 11 is 2.92. The third kappa shape index (κ3) is 3.33. The number of aryl methyl sites for hydroxylation is 1. The van der Waals surface area contributed by atoms with Crippen molar-refractivity contribution in [1.82, 2.24) is 0 Å². The van der Waals surface area contributed by atoms with E-state index < -0.39 is 21.7 Å². The summed E-state index contributed by atoms with van der Waals surface area (Å²) in [6.07, 6.45) is 0. The Labute approximate surface area is 129 Å². The Morgan fingerprint density at radius 1 is 1.19 bits per heavy atom. The molecule has 3 N–H and O–H groups in total. The summed E-state index contributed by atoms with van der Waals surface area (Å²) in [5.41, 5.74) is 6.33. The zero-order valence-electron chi connectivity index (χ0n) is 10.8. The molecule has 2 aromatic carbocycles. The average molecular weight is 377 g/mol. The molecule has 0 aliphatic rings. The highest BCUT2D eigenvalue weighted by atomic mass is 79.9. The number of hydrogen-bond acceptors (Lipinski definition) is 3. The van der Waals surface area contributed by atoms with E-state index in [1.165, 1.54) is 12.1 Å². The maximum Gasteiger partial charge on any atom is 0.262 e. The van der Waals surface area contributed by atoms with Crippen molar-refractivity contribution in [2.45, 2.75) is 11.8 Å². The number of nitrogen functional groups attached to an aromatic ring is 1. The van der Waals surface area contributed by atoms with Crippen molar-refractivity contribution in [3.05, 3.63) is 52.0 Å². The molecule has 0 aliphatic carbocycles. The lowest BCUT2D eigenvalue weighted by atomic mass is 10.2. The summed E-state index contributed by atoms with van der Waals surface area (Å²) < 4.78 is 53.1. The molecular weight excluding hydrogens is 366 g/mol. The van der Waals surface area contributed by atoms with Crippen molar-refractivity contribution < 1.29 is 17.2 Å². The van der Waals surface area contributed by atoms with E-state index in [2.05, 4.69) is 20.7 Å². The molecule has 0 spiro atoms. The fourth-order valence-electron chi connectivity index (χ4n) is 1.62. The molecule has 0 radical (unpaired) electrons. The summed E-state index contributed by atoms with van der Waals surface area (Å²) in [7, 11) is -4.03. The van der Waals surface area contributed by atoms with Crippen LogP contribution in [0.2, 0.25) is 0 Å². The lowest BCUT2D eigenvalue weighted by molar-refractivity contribution is 0.581. The van der Waals surface area contributed by atoms with Crippen molar-refractivity contribution in [2.75, 3.05) is 10.5 Å². The quantitative estimate of drug-likeness (QED) is 0.806. The maximum absolute atomic E-state index is 13.7. The van der Waals surface area contributed by atoms with Gasteiger partial charge >= 0.3 is 0 Å². The molecule has 0 unspecified atom stereocenters. The normalized spacial score (nSPS) is 11.4. The minimum absolute atomic E-state index is 0.0383. The first-order chi connectivity index (χ1) is 9.70. The van der Waals surface area contributed by atoms with Gasteiger partial charge < -0.3 is 5.73 Å². The molecule has 0 bridgehead atoms. The first-order valence-corrected chi connectivity index (χ1v) is 8.02. The Balaban J connectivity index is 2.44. The standard InChI is InChI=1S/C13H11BrF2N2O2S/c1-7-2-3-9(6-12(7)17)21(19,20)18-13-10(14)4-8(15)5-11(13)16/h2-6,18H,17H2,1H3. The zero-order valence-corrected chi connectivity index (χ0v) is 13.2. The molecule has 0 amide bonds. The molecule has 0 heterocycles. The van der Waals surface area contributed by atoms with Crippen molar-refractivity contribution in [2.24, 2.45) is 0 Å². The lowest BCUT2D eigenvalue weighted by Gasteiger charge is -2.12. The molecule has 8 heteroatoms. The second-order valence-electron chi connectivity index (χ2n) is 4.37. The third-order valence-electron chi connectivity index (χ3n) is 2.80. The van der Waals surface area contributed by atoms with Crippen LogP contribution in [-0.2, 0) is 10.0 Å². The summed E-state index contributed by atoms with van der Waals surface area (Å²) in [5, 5.41) is 0. The topological polar surface area (TPSA) is 72.2 Å². The smallest absolute Gasteiger partial charge is 0.262 e. The fourth-order valence-corrected chi connectivity index (χ4v) is 3.38. The fraction of sp³-hybridized carbons (Fsp3) is 0.0769. The van der Waals surface area contributed by atoms with Crippen LogP contribution in [0.3, 0.4) is 0 Å². The summed E-state index contributed by atoms with van der Waals surface area (Å²) in [4.78, 5) is -0.110. The Kier molecular flexibility index (Phi) is 4.20. The van der Waals surface area contributed by atoms with Crippen molar-refractivity contribution in [3.8, 4) is 0 Å². The van der Waals surface area contributed by atoms with Gasteiger partial charge in [0.05, 0.1) is 10.6 Å². The number of nitrogens with one attached hydrogen (secondary N) is 1. The van der Waals surface area contributed by atoms with E-state index in [9.17, 15) is 17.2 Å². The van der Waals surface area contributed by atoms with Gasteiger partial charge in [0.15, 0.2) is 5.82 Å². The molecule has 112 valence electrons. The van der Waals surface area contributed by atoms with Gasteiger partial charge in [0, 0.05) is 16.2 Å². The molecule has 21 heavy (non-hydrogen) atoms. The van der Waals surface area contributed by atoms with Gasteiger partial charge in [0.25, 0.3) is 10.0 Å². The molecule has 0 atom stereocenters. The second kappa shape index (κ2) is 5.61. The van der Waals surface area contributed by atoms with E-state index in [0.717, 1.165) is 11.6 Å². The summed E-state index contributed by atoms with van der Waals surface area (Å²) in [6.45, 7) is 1.73. The first-order valence-electron chi connectivity index (χ1n) is 5.74. The van der Waals surface area contributed by atoms with Crippen LogP contribution in [0, 0.1) is 18.6 Å². The van der Waals surface area contributed by atoms with E-state index in [0.29, 0.717) is 11.8 Å². The number of benzene rings is 2. The maximum atomic E-state index is 13.7. The Hall–Kier alpha value is -1.67. The predicted octanol–water partition coefficient (Wildman–Crippen LogP) is 3.42. The lowest BCUT2D eigenvalue weighted by Crippen LogP contribution is -2.15. The average Bonchev–Trinajstić information content (AvgIpc) is 2.37. The minimum Gasteiger partial charge on any atom is -0.398 e. The molecular formula is C13H11BrF2N2O2S. The monoisotopic (exact) mass is 376 g/mol.